The third-order valence-electron chi connectivity index (χ3n) is 4.54. The van der Waals surface area contributed by atoms with Crippen LogP contribution in [0.5, 0.6) is 0 Å². The minimum Gasteiger partial charge on any atom is -0.390 e. The summed E-state index contributed by atoms with van der Waals surface area (Å²) < 4.78 is 5.51. The summed E-state index contributed by atoms with van der Waals surface area (Å²) in [6.07, 6.45) is 14.6. The molecule has 0 saturated heterocycles. The van der Waals surface area contributed by atoms with E-state index in [9.17, 15) is 5.11 Å². The van der Waals surface area contributed by atoms with E-state index in [1.165, 1.54) is 51.4 Å². The van der Waals surface area contributed by atoms with E-state index in [1.54, 1.807) is 7.11 Å². The third kappa shape index (κ3) is 4.89. The number of unbranched alkanes of at least 4 members (excludes halogenated alkanes) is 7. The van der Waals surface area contributed by atoms with Gasteiger partial charge in [0.1, 0.15) is 0 Å². The van der Waals surface area contributed by atoms with Crippen LogP contribution in [0.25, 0.3) is 0 Å². The molecule has 0 aromatic carbocycles. The second kappa shape index (κ2) is 8.92. The van der Waals surface area contributed by atoms with Gasteiger partial charge >= 0.3 is 0 Å². The van der Waals surface area contributed by atoms with Crippen LogP contribution in [0.1, 0.15) is 84.0 Å². The van der Waals surface area contributed by atoms with Crippen LogP contribution in [0.3, 0.4) is 0 Å². The van der Waals surface area contributed by atoms with Gasteiger partial charge in [0.2, 0.25) is 0 Å². The highest BCUT2D eigenvalue weighted by Gasteiger charge is 2.43. The first kappa shape index (κ1) is 16.0. The maximum Gasteiger partial charge on any atom is 0.0936 e. The summed E-state index contributed by atoms with van der Waals surface area (Å²) in [5.41, 5.74) is -0.179. The molecule has 0 bridgehead atoms. The highest BCUT2D eigenvalue weighted by atomic mass is 16.5. The number of methoxy groups -OCH3 is 1. The molecule has 2 nitrogen and oxygen atoms in total. The summed E-state index contributed by atoms with van der Waals surface area (Å²) in [5.74, 6) is 0. The Balaban J connectivity index is 1.94. The van der Waals surface area contributed by atoms with E-state index < -0.39 is 0 Å². The van der Waals surface area contributed by atoms with Crippen molar-refractivity contribution in [2.24, 2.45) is 0 Å². The van der Waals surface area contributed by atoms with Crippen molar-refractivity contribution in [1.82, 2.24) is 0 Å². The van der Waals surface area contributed by atoms with E-state index in [4.69, 9.17) is 4.74 Å². The Morgan fingerprint density at radius 1 is 1.00 bits per heavy atom. The van der Waals surface area contributed by atoms with Crippen LogP contribution in [0.2, 0.25) is 0 Å². The van der Waals surface area contributed by atoms with E-state index in [-0.39, 0.29) is 11.7 Å². The topological polar surface area (TPSA) is 29.5 Å². The van der Waals surface area contributed by atoms with Crippen molar-refractivity contribution in [2.75, 3.05) is 7.11 Å². The zero-order chi connectivity index (χ0) is 13.3. The zero-order valence-electron chi connectivity index (χ0n) is 12.4. The average molecular weight is 256 g/mol. The molecule has 108 valence electrons. The fourth-order valence-corrected chi connectivity index (χ4v) is 2.93. The van der Waals surface area contributed by atoms with Crippen molar-refractivity contribution in [3.05, 3.63) is 0 Å². The van der Waals surface area contributed by atoms with Gasteiger partial charge in [0, 0.05) is 7.11 Å². The Kier molecular flexibility index (Phi) is 7.92. The van der Waals surface area contributed by atoms with Crippen molar-refractivity contribution >= 4 is 0 Å². The van der Waals surface area contributed by atoms with Gasteiger partial charge in [-0.05, 0) is 25.7 Å². The summed E-state index contributed by atoms with van der Waals surface area (Å²) in [7, 11) is 1.75. The maximum absolute atomic E-state index is 10.2. The lowest BCUT2D eigenvalue weighted by Crippen LogP contribution is -2.49. The summed E-state index contributed by atoms with van der Waals surface area (Å²) in [6, 6.07) is 0. The van der Waals surface area contributed by atoms with Crippen LogP contribution in [0.15, 0.2) is 0 Å². The highest BCUT2D eigenvalue weighted by Crippen LogP contribution is 2.39. The molecule has 1 aliphatic rings. The maximum atomic E-state index is 10.2. The second-order valence-electron chi connectivity index (χ2n) is 5.90. The fourth-order valence-electron chi connectivity index (χ4n) is 2.93. The van der Waals surface area contributed by atoms with Crippen LogP contribution in [0.4, 0.5) is 0 Å². The molecule has 1 atom stereocenters. The zero-order valence-corrected chi connectivity index (χ0v) is 12.4. The Labute approximate surface area is 113 Å². The molecule has 1 unspecified atom stereocenters. The Bertz CT molecular complexity index is 194. The molecule has 1 rings (SSSR count). The van der Waals surface area contributed by atoms with Gasteiger partial charge in [-0.15, -0.1) is 0 Å². The number of rotatable bonds is 11. The molecule has 0 spiro atoms. The summed E-state index contributed by atoms with van der Waals surface area (Å²) in [6.45, 7) is 2.26. The molecule has 1 aliphatic carbocycles. The first-order valence-corrected chi connectivity index (χ1v) is 7.98. The molecule has 0 aromatic rings. The van der Waals surface area contributed by atoms with Crippen LogP contribution in [-0.4, -0.2) is 23.9 Å². The van der Waals surface area contributed by atoms with Gasteiger partial charge in [0.15, 0.2) is 0 Å². The number of aliphatic hydroxyl groups excluding tert-OH is 1. The van der Waals surface area contributed by atoms with E-state index >= 15 is 0 Å². The first-order valence-electron chi connectivity index (χ1n) is 7.98. The summed E-state index contributed by atoms with van der Waals surface area (Å²) >= 11 is 0. The van der Waals surface area contributed by atoms with Crippen LogP contribution in [-0.2, 0) is 4.74 Å². The quantitative estimate of drug-likeness (QED) is 0.553. The molecular formula is C16H32O2. The molecule has 18 heavy (non-hydrogen) atoms. The van der Waals surface area contributed by atoms with E-state index in [0.29, 0.717) is 0 Å². The van der Waals surface area contributed by atoms with Gasteiger partial charge in [0.05, 0.1) is 11.7 Å². The molecule has 0 heterocycles. The monoisotopic (exact) mass is 256 g/mol. The predicted octanol–water partition coefficient (Wildman–Crippen LogP) is 4.45. The van der Waals surface area contributed by atoms with Crippen LogP contribution < -0.4 is 0 Å². The second-order valence-corrected chi connectivity index (χ2v) is 5.90. The van der Waals surface area contributed by atoms with Gasteiger partial charge in [-0.3, -0.25) is 0 Å². The Morgan fingerprint density at radius 3 is 2.00 bits per heavy atom. The summed E-state index contributed by atoms with van der Waals surface area (Å²) in [5, 5.41) is 10.2. The lowest BCUT2D eigenvalue weighted by molar-refractivity contribution is -0.151. The lowest BCUT2D eigenvalue weighted by Gasteiger charge is -2.44. The Hall–Kier alpha value is -0.0800. The largest absolute Gasteiger partial charge is 0.390 e. The van der Waals surface area contributed by atoms with Crippen molar-refractivity contribution in [3.63, 3.8) is 0 Å². The average Bonchev–Trinajstić information content (AvgIpc) is 2.32. The van der Waals surface area contributed by atoms with Gasteiger partial charge < -0.3 is 9.84 Å². The molecule has 1 N–H and O–H groups in total. The van der Waals surface area contributed by atoms with Crippen molar-refractivity contribution < 1.29 is 9.84 Å². The molecule has 1 fully saturated rings. The van der Waals surface area contributed by atoms with E-state index in [2.05, 4.69) is 6.92 Å². The summed E-state index contributed by atoms with van der Waals surface area (Å²) in [4.78, 5) is 0. The van der Waals surface area contributed by atoms with Crippen LogP contribution in [0, 0.1) is 0 Å². The van der Waals surface area contributed by atoms with Gasteiger partial charge in [-0.1, -0.05) is 58.3 Å². The van der Waals surface area contributed by atoms with Crippen molar-refractivity contribution in [1.29, 1.82) is 0 Å². The molecule has 0 amide bonds. The highest BCUT2D eigenvalue weighted by molar-refractivity contribution is 4.95. The predicted molar refractivity (Wildman–Crippen MR) is 76.8 cm³/mol. The lowest BCUT2D eigenvalue weighted by atomic mass is 9.74. The standard InChI is InChI=1S/C16H32O2/c1-3-4-5-6-7-8-9-10-12-15(17)16(18-2)13-11-14-16/h15,17H,3-14H2,1-2H3. The molecular weight excluding hydrogens is 224 g/mol. The third-order valence-corrected chi connectivity index (χ3v) is 4.54. The molecule has 0 aliphatic heterocycles. The van der Waals surface area contributed by atoms with Crippen molar-refractivity contribution in [3.8, 4) is 0 Å². The van der Waals surface area contributed by atoms with Gasteiger partial charge in [-0.25, -0.2) is 0 Å². The normalized spacial score (nSPS) is 19.5. The van der Waals surface area contributed by atoms with Crippen molar-refractivity contribution in [2.45, 2.75) is 95.7 Å². The smallest absolute Gasteiger partial charge is 0.0936 e. The minimum absolute atomic E-state index is 0.179. The molecule has 0 radical (unpaired) electrons. The molecule has 0 aromatic heterocycles. The Morgan fingerprint density at radius 2 is 1.56 bits per heavy atom. The molecule has 1 saturated carbocycles. The van der Waals surface area contributed by atoms with Gasteiger partial charge in [0.25, 0.3) is 0 Å². The number of ether oxygens (including phenoxy) is 1. The first-order chi connectivity index (χ1) is 8.75. The fraction of sp³-hybridized carbons (Fsp3) is 1.00. The SMILES string of the molecule is CCCCCCCCCCC(O)C1(OC)CCC1. The van der Waals surface area contributed by atoms with Crippen LogP contribution >= 0.6 is 0 Å². The number of hydrogen-bond acceptors (Lipinski definition) is 2. The van der Waals surface area contributed by atoms with E-state index in [1.807, 2.05) is 0 Å². The van der Waals surface area contributed by atoms with Gasteiger partial charge in [-0.2, -0.15) is 0 Å². The molecule has 2 heteroatoms. The number of hydrogen-bond donors (Lipinski definition) is 1. The number of aliphatic hydroxyl groups is 1. The van der Waals surface area contributed by atoms with E-state index in [0.717, 1.165) is 25.7 Å². The minimum atomic E-state index is -0.239.